The number of benzene rings is 1. The third kappa shape index (κ3) is 1.77. The van der Waals surface area contributed by atoms with Crippen molar-refractivity contribution in [2.45, 2.75) is 6.92 Å². The molecule has 3 nitrogen and oxygen atoms in total. The molecule has 1 aliphatic rings. The summed E-state index contributed by atoms with van der Waals surface area (Å²) >= 11 is 0. The van der Waals surface area contributed by atoms with Crippen LogP contribution in [-0.4, -0.2) is 29.3 Å². The molecule has 0 bridgehead atoms. The molecule has 0 radical (unpaired) electrons. The number of nitrogens with zero attached hydrogens (tertiary/aromatic N) is 1. The number of carbonyl (C=O) groups excluding carboxylic acids is 1. The van der Waals surface area contributed by atoms with Gasteiger partial charge < -0.3 is 10.6 Å². The first kappa shape index (κ1) is 11.3. The van der Waals surface area contributed by atoms with Crippen LogP contribution in [0.2, 0.25) is 0 Å². The minimum absolute atomic E-state index is 0.0564. The van der Waals surface area contributed by atoms with E-state index >= 15 is 0 Å². The van der Waals surface area contributed by atoms with Crippen molar-refractivity contribution in [2.24, 2.45) is 11.7 Å². The van der Waals surface area contributed by atoms with Crippen LogP contribution in [0.15, 0.2) is 24.3 Å². The summed E-state index contributed by atoms with van der Waals surface area (Å²) in [7, 11) is 3.54. The number of carbonyl (C=O) groups is 1. The molecule has 0 saturated heterocycles. The molecule has 1 aromatic rings. The summed E-state index contributed by atoms with van der Waals surface area (Å²) in [5.74, 6) is 0.352. The van der Waals surface area contributed by atoms with Crippen LogP contribution >= 0.6 is 8.86 Å². The van der Waals surface area contributed by atoms with Crippen LogP contribution in [0.4, 0.5) is 0 Å². The fraction of sp³-hybridized carbons (Fsp3) is 0.333. The van der Waals surface area contributed by atoms with Crippen molar-refractivity contribution < 1.29 is 4.79 Å². The van der Waals surface area contributed by atoms with E-state index in [-0.39, 0.29) is 5.91 Å². The maximum atomic E-state index is 12.1. The van der Waals surface area contributed by atoms with E-state index < -0.39 is 0 Å². The highest BCUT2D eigenvalue weighted by Crippen LogP contribution is 2.24. The first-order chi connectivity index (χ1) is 7.65. The maximum Gasteiger partial charge on any atom is 0.259 e. The highest BCUT2D eigenvalue weighted by atomic mass is 31.0. The SMILES string of the molecule is CC(CN)CN1C(=O)c2ccccc2C1=P. The average Bonchev–Trinajstić information content (AvgIpc) is 2.55. The Morgan fingerprint density at radius 3 is 2.56 bits per heavy atom. The van der Waals surface area contributed by atoms with Crippen molar-refractivity contribution in [3.63, 3.8) is 0 Å². The smallest absolute Gasteiger partial charge is 0.259 e. The van der Waals surface area contributed by atoms with Gasteiger partial charge in [-0.1, -0.05) is 34.0 Å². The molecule has 1 heterocycles. The van der Waals surface area contributed by atoms with E-state index in [9.17, 15) is 4.79 Å². The monoisotopic (exact) mass is 234 g/mol. The Morgan fingerprint density at radius 2 is 2.00 bits per heavy atom. The van der Waals surface area contributed by atoms with Gasteiger partial charge in [-0.15, -0.1) is 0 Å². The van der Waals surface area contributed by atoms with Crippen molar-refractivity contribution in [1.82, 2.24) is 4.90 Å². The van der Waals surface area contributed by atoms with E-state index in [1.54, 1.807) is 4.90 Å². The summed E-state index contributed by atoms with van der Waals surface area (Å²) < 4.78 is 0. The number of hydrogen-bond acceptors (Lipinski definition) is 2. The molecule has 1 unspecified atom stereocenters. The third-order valence-electron chi connectivity index (χ3n) is 2.82. The zero-order valence-corrected chi connectivity index (χ0v) is 10.2. The lowest BCUT2D eigenvalue weighted by atomic mass is 10.1. The minimum atomic E-state index is 0.0564. The van der Waals surface area contributed by atoms with E-state index in [1.165, 1.54) is 0 Å². The lowest BCUT2D eigenvalue weighted by Crippen LogP contribution is -2.35. The summed E-state index contributed by atoms with van der Waals surface area (Å²) in [5, 5.41) is 0. The third-order valence-corrected chi connectivity index (χ3v) is 3.36. The Morgan fingerprint density at radius 1 is 1.38 bits per heavy atom. The summed E-state index contributed by atoms with van der Waals surface area (Å²) in [6, 6.07) is 7.61. The average molecular weight is 234 g/mol. The standard InChI is InChI=1S/C12H15N2OP/c1-8(6-13)7-14-11(15)9-4-2-3-5-10(9)12(14)16/h2-5,8,16H,6-7,13H2,1H3. The van der Waals surface area contributed by atoms with E-state index in [2.05, 4.69) is 8.86 Å². The second-order valence-corrected chi connectivity index (χ2v) is 4.62. The number of hydrogen-bond donors (Lipinski definition) is 1. The quantitative estimate of drug-likeness (QED) is 0.803. The van der Waals surface area contributed by atoms with Gasteiger partial charge in [-0.2, -0.15) is 0 Å². The van der Waals surface area contributed by atoms with Crippen molar-refractivity contribution in [3.8, 4) is 0 Å². The Labute approximate surface area is 97.5 Å². The zero-order valence-electron chi connectivity index (χ0n) is 9.23. The topological polar surface area (TPSA) is 46.3 Å². The van der Waals surface area contributed by atoms with Gasteiger partial charge >= 0.3 is 0 Å². The first-order valence-electron chi connectivity index (χ1n) is 5.35. The molecule has 1 atom stereocenters. The van der Waals surface area contributed by atoms with Gasteiger partial charge in [0.25, 0.3) is 5.91 Å². The van der Waals surface area contributed by atoms with Gasteiger partial charge in [0, 0.05) is 17.7 Å². The summed E-state index contributed by atoms with van der Waals surface area (Å²) in [5.41, 5.74) is 8.16. The first-order valence-corrected chi connectivity index (χ1v) is 5.85. The van der Waals surface area contributed by atoms with E-state index in [4.69, 9.17) is 5.73 Å². The van der Waals surface area contributed by atoms with E-state index in [1.807, 2.05) is 31.2 Å². The molecule has 2 N–H and O–H groups in total. The van der Waals surface area contributed by atoms with Crippen LogP contribution in [0.3, 0.4) is 0 Å². The van der Waals surface area contributed by atoms with Gasteiger partial charge in [0.2, 0.25) is 0 Å². The van der Waals surface area contributed by atoms with E-state index in [0.717, 1.165) is 16.5 Å². The van der Waals surface area contributed by atoms with Crippen molar-refractivity contribution >= 4 is 20.2 Å². The van der Waals surface area contributed by atoms with Crippen LogP contribution in [0.1, 0.15) is 22.8 Å². The zero-order chi connectivity index (χ0) is 11.7. The van der Waals surface area contributed by atoms with Gasteiger partial charge in [-0.25, -0.2) is 0 Å². The van der Waals surface area contributed by atoms with Crippen LogP contribution in [0, 0.1) is 5.92 Å². The predicted octanol–water partition coefficient (Wildman–Crippen LogP) is 1.36. The Hall–Kier alpha value is -1.18. The normalized spacial score (nSPS) is 16.5. The Bertz CT molecular complexity index is 409. The molecule has 1 amide bonds. The van der Waals surface area contributed by atoms with Crippen LogP contribution in [0.5, 0.6) is 0 Å². The van der Waals surface area contributed by atoms with Crippen molar-refractivity contribution in [2.75, 3.05) is 13.1 Å². The second kappa shape index (κ2) is 4.36. The molecule has 2 rings (SSSR count). The fourth-order valence-electron chi connectivity index (χ4n) is 1.83. The molecule has 1 aliphatic heterocycles. The molecule has 1 aromatic carbocycles. The highest BCUT2D eigenvalue weighted by molar-refractivity contribution is 7.22. The summed E-state index contributed by atoms with van der Waals surface area (Å²) in [6.45, 7) is 3.28. The van der Waals surface area contributed by atoms with Crippen molar-refractivity contribution in [1.29, 1.82) is 0 Å². The molecular formula is C12H15N2OP. The second-order valence-electron chi connectivity index (χ2n) is 4.15. The van der Waals surface area contributed by atoms with Gasteiger partial charge in [0.15, 0.2) is 0 Å². The Balaban J connectivity index is 2.28. The maximum absolute atomic E-state index is 12.1. The van der Waals surface area contributed by atoms with Crippen LogP contribution in [0.25, 0.3) is 0 Å². The van der Waals surface area contributed by atoms with Crippen molar-refractivity contribution in [3.05, 3.63) is 35.4 Å². The number of nitrogens with two attached hydrogens (primary N) is 1. The highest BCUT2D eigenvalue weighted by Gasteiger charge is 2.31. The largest absolute Gasteiger partial charge is 0.330 e. The molecule has 0 aliphatic carbocycles. The molecule has 0 spiro atoms. The van der Waals surface area contributed by atoms with Gasteiger partial charge in [-0.3, -0.25) is 4.79 Å². The molecule has 0 aromatic heterocycles. The van der Waals surface area contributed by atoms with E-state index in [0.29, 0.717) is 19.0 Å². The molecule has 4 heteroatoms. The summed E-state index contributed by atoms with van der Waals surface area (Å²) in [6.07, 6.45) is 0. The fourth-order valence-corrected chi connectivity index (χ4v) is 2.24. The van der Waals surface area contributed by atoms with Crippen LogP contribution < -0.4 is 5.73 Å². The lowest BCUT2D eigenvalue weighted by Gasteiger charge is -2.20. The van der Waals surface area contributed by atoms with Gasteiger partial charge in [0.05, 0.1) is 5.42 Å². The number of fused-ring (bicyclic) bond motifs is 1. The van der Waals surface area contributed by atoms with Crippen LogP contribution in [-0.2, 0) is 0 Å². The van der Waals surface area contributed by atoms with Gasteiger partial charge in [-0.05, 0) is 18.5 Å². The lowest BCUT2D eigenvalue weighted by molar-refractivity contribution is 0.0849. The molecule has 84 valence electrons. The van der Waals surface area contributed by atoms with Gasteiger partial charge in [0.1, 0.15) is 0 Å². The Kier molecular flexibility index (Phi) is 3.08. The predicted molar refractivity (Wildman–Crippen MR) is 68.1 cm³/mol. The number of amides is 1. The molecular weight excluding hydrogens is 219 g/mol. The molecule has 0 fully saturated rings. The number of rotatable bonds is 3. The molecule has 0 saturated carbocycles. The summed E-state index contributed by atoms with van der Waals surface area (Å²) in [4.78, 5) is 13.8. The molecule has 16 heavy (non-hydrogen) atoms. The minimum Gasteiger partial charge on any atom is -0.330 e.